The number of rotatable bonds is 8. The van der Waals surface area contributed by atoms with Gasteiger partial charge in [-0.2, -0.15) is 0 Å². The molecule has 0 radical (unpaired) electrons. The summed E-state index contributed by atoms with van der Waals surface area (Å²) in [5.74, 6) is 0. The number of hydrogen-bond donors (Lipinski definition) is 0. The summed E-state index contributed by atoms with van der Waals surface area (Å²) in [6.45, 7) is 0. The van der Waals surface area contributed by atoms with Gasteiger partial charge >= 0.3 is 0 Å². The number of hydrogen-bond acceptors (Lipinski definition) is 0. The molecule has 0 bridgehead atoms. The number of para-hydroxylation sites is 3. The Hall–Kier alpha value is -8.50. The number of nitrogens with zero attached hydrogens (tertiary/aromatic N) is 2. The second kappa shape index (κ2) is 15.9. The molecule has 2 heterocycles. The fourth-order valence-corrected chi connectivity index (χ4v) is 15.7. The van der Waals surface area contributed by atoms with E-state index in [-0.39, 0.29) is 0 Å². The maximum Gasteiger partial charge on any atom is 0.179 e. The summed E-state index contributed by atoms with van der Waals surface area (Å²) in [6.07, 6.45) is 0. The third kappa shape index (κ3) is 6.31. The van der Waals surface area contributed by atoms with Crippen molar-refractivity contribution in [2.45, 2.75) is 0 Å². The Morgan fingerprint density at radius 1 is 0.224 bits per heavy atom. The Bertz CT molecular complexity index is 3850. The lowest BCUT2D eigenvalue weighted by molar-refractivity contribution is 1.18. The van der Waals surface area contributed by atoms with E-state index in [1.54, 1.807) is 0 Å². The van der Waals surface area contributed by atoms with Gasteiger partial charge in [0.2, 0.25) is 0 Å². The molecule has 13 aromatic rings. The molecule has 67 heavy (non-hydrogen) atoms. The van der Waals surface area contributed by atoms with Crippen LogP contribution in [0.15, 0.2) is 267 Å². The zero-order chi connectivity index (χ0) is 44.3. The lowest BCUT2D eigenvalue weighted by Gasteiger charge is -2.34. The molecule has 11 aromatic carbocycles. The summed E-state index contributed by atoms with van der Waals surface area (Å²) in [5, 5.41) is 13.0. The van der Waals surface area contributed by atoms with Crippen molar-refractivity contribution in [2.75, 3.05) is 0 Å². The van der Waals surface area contributed by atoms with E-state index < -0.39 is 8.07 Å². The Kier molecular flexibility index (Phi) is 9.22. The van der Waals surface area contributed by atoms with Crippen molar-refractivity contribution < 1.29 is 0 Å². The molecule has 0 saturated carbocycles. The van der Waals surface area contributed by atoms with Crippen molar-refractivity contribution in [1.29, 1.82) is 0 Å². The second-order valence-electron chi connectivity index (χ2n) is 17.7. The van der Waals surface area contributed by atoms with Crippen LogP contribution >= 0.6 is 0 Å². The molecule has 0 spiro atoms. The molecular weight excluding hydrogens is 825 g/mol. The maximum absolute atomic E-state index is 2.65. The number of fused-ring (bicyclic) bond motifs is 7. The van der Waals surface area contributed by atoms with Gasteiger partial charge in [0.1, 0.15) is 0 Å². The van der Waals surface area contributed by atoms with Crippen LogP contribution in [0.3, 0.4) is 0 Å². The lowest BCUT2D eigenvalue weighted by atomic mass is 9.98. The van der Waals surface area contributed by atoms with Gasteiger partial charge in [-0.05, 0) is 114 Å². The van der Waals surface area contributed by atoms with E-state index in [1.165, 1.54) is 103 Å². The number of benzene rings is 11. The summed E-state index contributed by atoms with van der Waals surface area (Å²) < 4.78 is 4.81. The van der Waals surface area contributed by atoms with Gasteiger partial charge < -0.3 is 9.13 Å². The van der Waals surface area contributed by atoms with Gasteiger partial charge in [0.15, 0.2) is 8.07 Å². The highest BCUT2D eigenvalue weighted by Crippen LogP contribution is 2.38. The molecule has 0 N–H and O–H groups in total. The Morgan fingerprint density at radius 2 is 0.612 bits per heavy atom. The van der Waals surface area contributed by atoms with E-state index in [9.17, 15) is 0 Å². The smallest absolute Gasteiger partial charge is 0.179 e. The van der Waals surface area contributed by atoms with E-state index >= 15 is 0 Å². The first kappa shape index (κ1) is 38.9. The Labute approximate surface area is 390 Å². The molecule has 0 atom stereocenters. The van der Waals surface area contributed by atoms with Crippen LogP contribution in [0.4, 0.5) is 0 Å². The zero-order valence-electron chi connectivity index (χ0n) is 36.8. The quantitative estimate of drug-likeness (QED) is 0.106. The van der Waals surface area contributed by atoms with Crippen molar-refractivity contribution in [2.24, 2.45) is 0 Å². The molecule has 2 aromatic heterocycles. The van der Waals surface area contributed by atoms with Crippen molar-refractivity contribution in [3.05, 3.63) is 267 Å². The Morgan fingerprint density at radius 3 is 1.12 bits per heavy atom. The monoisotopic (exact) mass is 868 g/mol. The second-order valence-corrected chi connectivity index (χ2v) is 21.5. The van der Waals surface area contributed by atoms with Gasteiger partial charge in [-0.15, -0.1) is 0 Å². The fraction of sp³-hybridized carbons (Fsp3) is 0. The summed E-state index contributed by atoms with van der Waals surface area (Å²) >= 11 is 0. The third-order valence-corrected chi connectivity index (χ3v) is 18.8. The minimum Gasteiger partial charge on any atom is -0.309 e. The predicted molar refractivity (Wildman–Crippen MR) is 287 cm³/mol. The lowest BCUT2D eigenvalue weighted by Crippen LogP contribution is -2.74. The molecule has 0 aliphatic carbocycles. The van der Waals surface area contributed by atoms with Crippen molar-refractivity contribution in [1.82, 2.24) is 9.13 Å². The van der Waals surface area contributed by atoms with Crippen molar-refractivity contribution >= 4 is 83.2 Å². The van der Waals surface area contributed by atoms with Gasteiger partial charge in [-0.1, -0.05) is 206 Å². The van der Waals surface area contributed by atoms with Crippen LogP contribution in [0.1, 0.15) is 0 Å². The van der Waals surface area contributed by atoms with E-state index in [0.29, 0.717) is 0 Å². The van der Waals surface area contributed by atoms with Crippen LogP contribution in [0.2, 0.25) is 0 Å². The average Bonchev–Trinajstić information content (AvgIpc) is 3.92. The highest BCUT2D eigenvalue weighted by Gasteiger charge is 2.41. The summed E-state index contributed by atoms with van der Waals surface area (Å²) in [4.78, 5) is 0. The van der Waals surface area contributed by atoms with Gasteiger partial charge in [0.25, 0.3) is 0 Å². The molecule has 0 fully saturated rings. The Balaban J connectivity index is 0.872. The summed E-state index contributed by atoms with van der Waals surface area (Å²) in [6, 6.07) is 98.9. The highest BCUT2D eigenvalue weighted by molar-refractivity contribution is 7.20. The molecule has 314 valence electrons. The van der Waals surface area contributed by atoms with E-state index in [4.69, 9.17) is 0 Å². The fourth-order valence-electron chi connectivity index (χ4n) is 11.0. The van der Waals surface area contributed by atoms with E-state index in [0.717, 1.165) is 5.69 Å². The predicted octanol–water partition coefficient (Wildman–Crippen LogP) is 13.7. The number of aromatic nitrogens is 2. The first-order valence-corrected chi connectivity index (χ1v) is 25.2. The first-order chi connectivity index (χ1) is 33.2. The molecule has 0 aliphatic heterocycles. The summed E-state index contributed by atoms with van der Waals surface area (Å²) in [7, 11) is -2.65. The van der Waals surface area contributed by atoms with Gasteiger partial charge in [-0.25, -0.2) is 0 Å². The van der Waals surface area contributed by atoms with Crippen LogP contribution < -0.4 is 20.7 Å². The van der Waals surface area contributed by atoms with Crippen LogP contribution in [0.5, 0.6) is 0 Å². The highest BCUT2D eigenvalue weighted by atomic mass is 28.3. The molecule has 0 aliphatic rings. The molecular formula is C64H44N2Si. The van der Waals surface area contributed by atoms with E-state index in [1.807, 2.05) is 0 Å². The molecule has 0 saturated heterocycles. The van der Waals surface area contributed by atoms with Crippen LogP contribution in [-0.4, -0.2) is 17.2 Å². The van der Waals surface area contributed by atoms with Crippen LogP contribution in [0.25, 0.3) is 88.0 Å². The van der Waals surface area contributed by atoms with Gasteiger partial charge in [0, 0.05) is 32.9 Å². The zero-order valence-corrected chi connectivity index (χ0v) is 37.8. The molecule has 2 nitrogen and oxygen atoms in total. The molecule has 3 heteroatoms. The molecule has 13 rings (SSSR count). The van der Waals surface area contributed by atoms with Gasteiger partial charge in [0.05, 0.1) is 22.1 Å². The van der Waals surface area contributed by atoms with E-state index in [2.05, 4.69) is 276 Å². The average molecular weight is 869 g/mol. The maximum atomic E-state index is 2.46. The third-order valence-electron chi connectivity index (χ3n) is 14.0. The van der Waals surface area contributed by atoms with Crippen molar-refractivity contribution in [3.8, 4) is 33.6 Å². The normalized spacial score (nSPS) is 11.9. The first-order valence-electron chi connectivity index (χ1n) is 23.2. The minimum absolute atomic E-state index is 1.16. The standard InChI is InChI=1S/C64H44N2Si/c1-5-17-51(18-6-1)65-61-27-15-13-25-57(61)59-43-49(35-39-63(59)65)45-29-31-46(32-30-45)50-36-40-64-60(44-50)58-26-14-16-28-62(58)66(64)52-37-33-48-42-56(38-34-47(48)41-52)67(53-19-7-2-8-20-53,54-21-9-3-10-22-54)55-23-11-4-12-24-55/h1-44H. The SMILES string of the molecule is c1ccc(-n2c3ccccc3c3cc(-c4ccc(-c5ccc6c(c5)c5ccccc5n6-c5ccc6cc([Si](c7ccccc7)(c7ccccc7)c7ccccc7)ccc6c5)cc4)ccc32)cc1. The van der Waals surface area contributed by atoms with Crippen LogP contribution in [-0.2, 0) is 0 Å². The largest absolute Gasteiger partial charge is 0.309 e. The summed E-state index contributed by atoms with van der Waals surface area (Å²) in [5.41, 5.74) is 12.0. The minimum atomic E-state index is -2.65. The molecule has 0 amide bonds. The van der Waals surface area contributed by atoms with Crippen LogP contribution in [0, 0.1) is 0 Å². The topological polar surface area (TPSA) is 9.86 Å². The molecule has 0 unspecified atom stereocenters. The van der Waals surface area contributed by atoms with Crippen molar-refractivity contribution in [3.63, 3.8) is 0 Å². The van der Waals surface area contributed by atoms with Gasteiger partial charge in [-0.3, -0.25) is 0 Å².